The molecule has 0 aromatic heterocycles. The number of rotatable bonds is 9. The first-order valence-corrected chi connectivity index (χ1v) is 14.5. The summed E-state index contributed by atoms with van der Waals surface area (Å²) in [6, 6.07) is 8.32. The minimum Gasteiger partial charge on any atom is -0.481 e. The first-order chi connectivity index (χ1) is 16.4. The number of benzene rings is 2. The van der Waals surface area contributed by atoms with Crippen LogP contribution in [0.3, 0.4) is 0 Å². The maximum absolute atomic E-state index is 15.1. The lowest BCUT2D eigenvalue weighted by Crippen LogP contribution is -2.37. The average Bonchev–Trinajstić information content (AvgIpc) is 2.82. The van der Waals surface area contributed by atoms with Crippen LogP contribution in [-0.4, -0.2) is 65.2 Å². The quantitative estimate of drug-likeness (QED) is 0.535. The smallest absolute Gasteiger partial charge is 0.306 e. The molecule has 0 atom stereocenters. The zero-order valence-corrected chi connectivity index (χ0v) is 21.7. The Hall–Kier alpha value is -2.50. The van der Waals surface area contributed by atoms with Crippen LogP contribution < -0.4 is 4.90 Å². The van der Waals surface area contributed by atoms with Crippen molar-refractivity contribution >= 4 is 31.5 Å². The SMILES string of the molecule is CCc1cc(F)c(N2CCC(C(=O)O)CC2)c(CCS(=O)(=O)c2ccc(S(=O)(=O)N(C)C)cc2)c1. The number of aliphatic carboxylic acids is 1. The van der Waals surface area contributed by atoms with Crippen molar-refractivity contribution in [3.05, 3.63) is 53.3 Å². The number of carboxylic acids is 1. The van der Waals surface area contributed by atoms with Crippen molar-refractivity contribution in [2.75, 3.05) is 37.8 Å². The van der Waals surface area contributed by atoms with Gasteiger partial charge in [-0.15, -0.1) is 0 Å². The summed E-state index contributed by atoms with van der Waals surface area (Å²) in [7, 11) is -4.66. The highest BCUT2D eigenvalue weighted by atomic mass is 32.2. The molecule has 0 spiro atoms. The lowest BCUT2D eigenvalue weighted by Gasteiger charge is -2.33. The zero-order valence-electron chi connectivity index (χ0n) is 20.1. The van der Waals surface area contributed by atoms with Gasteiger partial charge in [0.2, 0.25) is 10.0 Å². The van der Waals surface area contributed by atoms with Gasteiger partial charge in [0.05, 0.1) is 27.1 Å². The summed E-state index contributed by atoms with van der Waals surface area (Å²) < 4.78 is 66.7. The second-order valence-electron chi connectivity index (χ2n) is 8.87. The summed E-state index contributed by atoms with van der Waals surface area (Å²) in [5, 5.41) is 9.25. The zero-order chi connectivity index (χ0) is 26.0. The fourth-order valence-electron chi connectivity index (χ4n) is 4.21. The second-order valence-corrected chi connectivity index (χ2v) is 13.1. The number of aryl methyl sites for hydroxylation is 2. The van der Waals surface area contributed by atoms with Crippen molar-refractivity contribution in [3.8, 4) is 0 Å². The van der Waals surface area contributed by atoms with Gasteiger partial charge >= 0.3 is 5.97 Å². The highest BCUT2D eigenvalue weighted by molar-refractivity contribution is 7.91. The highest BCUT2D eigenvalue weighted by Gasteiger charge is 2.28. The molecular weight excluding hydrogens is 495 g/mol. The van der Waals surface area contributed by atoms with Gasteiger partial charge in [0.1, 0.15) is 5.82 Å². The van der Waals surface area contributed by atoms with Gasteiger partial charge in [-0.3, -0.25) is 4.79 Å². The van der Waals surface area contributed by atoms with E-state index in [1.165, 1.54) is 44.4 Å². The van der Waals surface area contributed by atoms with Crippen LogP contribution in [0.1, 0.15) is 30.9 Å². The summed E-state index contributed by atoms with van der Waals surface area (Å²) >= 11 is 0. The molecule has 1 fully saturated rings. The molecule has 1 aliphatic heterocycles. The van der Waals surface area contributed by atoms with Crippen molar-refractivity contribution in [2.45, 2.75) is 42.4 Å². The molecule has 35 heavy (non-hydrogen) atoms. The molecule has 1 saturated heterocycles. The van der Waals surface area contributed by atoms with Gasteiger partial charge in [-0.2, -0.15) is 0 Å². The number of nitrogens with zero attached hydrogens (tertiary/aromatic N) is 2. The molecule has 0 aliphatic carbocycles. The summed E-state index contributed by atoms with van der Waals surface area (Å²) in [4.78, 5) is 13.1. The monoisotopic (exact) mass is 526 g/mol. The number of halogens is 1. The highest BCUT2D eigenvalue weighted by Crippen LogP contribution is 2.32. The van der Waals surface area contributed by atoms with Crippen LogP contribution >= 0.6 is 0 Å². The maximum atomic E-state index is 15.1. The predicted octanol–water partition coefficient (Wildman–Crippen LogP) is 2.96. The number of carbonyl (C=O) groups is 1. The van der Waals surface area contributed by atoms with Crippen LogP contribution in [0, 0.1) is 11.7 Å². The fourth-order valence-corrected chi connectivity index (χ4v) is 6.39. The van der Waals surface area contributed by atoms with Crippen LogP contribution in [0.2, 0.25) is 0 Å². The molecule has 1 N–H and O–H groups in total. The molecule has 1 heterocycles. The van der Waals surface area contributed by atoms with Gasteiger partial charge in [-0.05, 0) is 67.1 Å². The largest absolute Gasteiger partial charge is 0.481 e. The van der Waals surface area contributed by atoms with Crippen molar-refractivity contribution in [3.63, 3.8) is 0 Å². The third-order valence-corrected chi connectivity index (χ3v) is 9.93. The lowest BCUT2D eigenvalue weighted by atomic mass is 9.95. The van der Waals surface area contributed by atoms with Gasteiger partial charge in [0, 0.05) is 27.2 Å². The predicted molar refractivity (Wildman–Crippen MR) is 131 cm³/mol. The third kappa shape index (κ3) is 6.02. The first kappa shape index (κ1) is 27.1. The first-order valence-electron chi connectivity index (χ1n) is 11.4. The van der Waals surface area contributed by atoms with Crippen LogP contribution in [0.25, 0.3) is 0 Å². The molecular formula is C24H31FN2O6S2. The number of carboxylic acid groups (broad SMARTS) is 1. The Balaban J connectivity index is 1.84. The molecule has 0 radical (unpaired) electrons. The fraction of sp³-hybridized carbons (Fsp3) is 0.458. The Bertz CT molecular complexity index is 1280. The summed E-state index contributed by atoms with van der Waals surface area (Å²) in [6.45, 7) is 2.64. The average molecular weight is 527 g/mol. The van der Waals surface area contributed by atoms with E-state index < -0.39 is 37.6 Å². The minimum absolute atomic E-state index is 0.00813. The number of hydrogen-bond donors (Lipinski definition) is 1. The van der Waals surface area contributed by atoms with E-state index in [-0.39, 0.29) is 22.0 Å². The molecule has 2 aromatic rings. The summed E-state index contributed by atoms with van der Waals surface area (Å²) in [5.41, 5.74) is 1.64. The van der Waals surface area contributed by atoms with Gasteiger partial charge in [-0.25, -0.2) is 25.5 Å². The molecule has 0 unspecified atom stereocenters. The Morgan fingerprint density at radius 2 is 1.63 bits per heavy atom. The molecule has 1 aliphatic rings. The maximum Gasteiger partial charge on any atom is 0.306 e. The van der Waals surface area contributed by atoms with E-state index in [1.807, 2.05) is 13.0 Å². The standard InChI is InChI=1S/C24H31FN2O6S2/c1-4-17-15-19(23(22(25)16-17)27-12-9-18(10-13-27)24(28)29)11-14-34(30,31)20-5-7-21(8-6-20)35(32,33)26(2)3/h5-8,15-16,18H,4,9-14H2,1-3H3,(H,28,29). The minimum atomic E-state index is -3.77. The topological polar surface area (TPSA) is 112 Å². The molecule has 3 rings (SSSR count). The van der Waals surface area contributed by atoms with Crippen molar-refractivity contribution in [1.29, 1.82) is 0 Å². The molecule has 192 valence electrons. The molecule has 11 heteroatoms. The van der Waals surface area contributed by atoms with Gasteiger partial charge in [-0.1, -0.05) is 13.0 Å². The summed E-state index contributed by atoms with van der Waals surface area (Å²) in [6.07, 6.45) is 1.44. The Morgan fingerprint density at radius 1 is 1.06 bits per heavy atom. The Labute approximate surface area is 206 Å². The molecule has 8 nitrogen and oxygen atoms in total. The van der Waals surface area contributed by atoms with E-state index in [4.69, 9.17) is 0 Å². The van der Waals surface area contributed by atoms with E-state index in [0.717, 1.165) is 9.87 Å². The molecule has 2 aromatic carbocycles. The normalized spacial score (nSPS) is 15.5. The molecule has 0 amide bonds. The van der Waals surface area contributed by atoms with E-state index in [9.17, 15) is 26.7 Å². The number of piperidine rings is 1. The number of hydrogen-bond acceptors (Lipinski definition) is 6. The van der Waals surface area contributed by atoms with Gasteiger partial charge < -0.3 is 10.0 Å². The van der Waals surface area contributed by atoms with Crippen molar-refractivity contribution in [2.24, 2.45) is 5.92 Å². The molecule has 0 saturated carbocycles. The third-order valence-electron chi connectivity index (χ3n) is 6.37. The van der Waals surface area contributed by atoms with Crippen molar-refractivity contribution in [1.82, 2.24) is 4.31 Å². The van der Waals surface area contributed by atoms with E-state index >= 15 is 4.39 Å². The summed E-state index contributed by atoms with van der Waals surface area (Å²) in [5.74, 6) is -2.05. The Kier molecular flexibility index (Phi) is 8.23. The van der Waals surface area contributed by atoms with Crippen molar-refractivity contribution < 1.29 is 31.1 Å². The lowest BCUT2D eigenvalue weighted by molar-refractivity contribution is -0.142. The number of sulfone groups is 1. The van der Waals surface area contributed by atoms with Crippen LogP contribution in [-0.2, 0) is 37.5 Å². The Morgan fingerprint density at radius 3 is 2.14 bits per heavy atom. The second kappa shape index (κ2) is 10.6. The van der Waals surface area contributed by atoms with E-state index in [1.54, 1.807) is 4.90 Å². The van der Waals surface area contributed by atoms with Gasteiger partial charge in [0.25, 0.3) is 0 Å². The number of sulfonamides is 1. The van der Waals surface area contributed by atoms with E-state index in [0.29, 0.717) is 43.6 Å². The van der Waals surface area contributed by atoms with Crippen LogP contribution in [0.5, 0.6) is 0 Å². The van der Waals surface area contributed by atoms with Crippen LogP contribution in [0.15, 0.2) is 46.2 Å². The van der Waals surface area contributed by atoms with E-state index in [2.05, 4.69) is 0 Å². The van der Waals surface area contributed by atoms with Gasteiger partial charge in [0.15, 0.2) is 9.84 Å². The van der Waals surface area contributed by atoms with Crippen LogP contribution in [0.4, 0.5) is 10.1 Å². The molecule has 0 bridgehead atoms. The number of anilines is 1.